The van der Waals surface area contributed by atoms with Gasteiger partial charge >= 0.3 is 0 Å². The van der Waals surface area contributed by atoms with Crippen LogP contribution in [0.1, 0.15) is 0 Å². The smallest absolute Gasteiger partial charge is 0.265 e. The Hall–Kier alpha value is -3.00. The fraction of sp³-hybridized carbons (Fsp3) is 0.118. The van der Waals surface area contributed by atoms with E-state index >= 15 is 0 Å². The van der Waals surface area contributed by atoms with Crippen molar-refractivity contribution >= 4 is 26.6 Å². The summed E-state index contributed by atoms with van der Waals surface area (Å²) >= 11 is 0. The minimum absolute atomic E-state index is 0.0506. The number of pyridine rings is 1. The maximum Gasteiger partial charge on any atom is 0.265 e. The van der Waals surface area contributed by atoms with Crippen molar-refractivity contribution < 1.29 is 23.0 Å². The summed E-state index contributed by atoms with van der Waals surface area (Å²) in [6, 6.07) is 10.8. The number of aromatic hydroxyl groups is 1. The highest BCUT2D eigenvalue weighted by molar-refractivity contribution is 7.92. The fourth-order valence-corrected chi connectivity index (χ4v) is 3.60. The van der Waals surface area contributed by atoms with Crippen LogP contribution in [0, 0.1) is 0 Å². The van der Waals surface area contributed by atoms with E-state index in [0.29, 0.717) is 16.7 Å². The standard InChI is InChI=1S/C17H16N2O5S/c1-23-14-4-6-16(24-2)17(9-14)25(21,22)19-12-7-11-8-13(20)3-5-15(11)18-10-12/h3-10,19-20H,1-2H3. The number of phenolic OH excluding ortho intramolecular Hbond substituents is 1. The predicted octanol–water partition coefficient (Wildman–Crippen LogP) is 2.76. The van der Waals surface area contributed by atoms with Crippen LogP contribution < -0.4 is 14.2 Å². The van der Waals surface area contributed by atoms with Crippen molar-refractivity contribution in [2.24, 2.45) is 0 Å². The third kappa shape index (κ3) is 3.43. The van der Waals surface area contributed by atoms with Crippen LogP contribution in [0.4, 0.5) is 5.69 Å². The first kappa shape index (κ1) is 16.8. The molecule has 25 heavy (non-hydrogen) atoms. The molecule has 1 heterocycles. The summed E-state index contributed by atoms with van der Waals surface area (Å²) in [5.74, 6) is 0.659. The van der Waals surface area contributed by atoms with Crippen LogP contribution in [-0.4, -0.2) is 32.7 Å². The lowest BCUT2D eigenvalue weighted by molar-refractivity contribution is 0.392. The van der Waals surface area contributed by atoms with E-state index < -0.39 is 10.0 Å². The number of nitrogens with zero attached hydrogens (tertiary/aromatic N) is 1. The van der Waals surface area contributed by atoms with Crippen LogP contribution in [0.5, 0.6) is 17.2 Å². The first-order valence-electron chi connectivity index (χ1n) is 7.26. The van der Waals surface area contributed by atoms with Crippen LogP contribution in [0.25, 0.3) is 10.9 Å². The lowest BCUT2D eigenvalue weighted by Gasteiger charge is -2.13. The average Bonchev–Trinajstić information content (AvgIpc) is 2.60. The zero-order valence-corrected chi connectivity index (χ0v) is 14.4. The number of hydrogen-bond acceptors (Lipinski definition) is 6. The van der Waals surface area contributed by atoms with Crippen molar-refractivity contribution in [3.05, 3.63) is 48.7 Å². The van der Waals surface area contributed by atoms with E-state index in [-0.39, 0.29) is 22.1 Å². The number of hydrogen-bond donors (Lipinski definition) is 2. The van der Waals surface area contributed by atoms with Gasteiger partial charge in [0.25, 0.3) is 10.0 Å². The van der Waals surface area contributed by atoms with Crippen molar-refractivity contribution in [3.63, 3.8) is 0 Å². The summed E-state index contributed by atoms with van der Waals surface area (Å²) in [5, 5.41) is 10.2. The molecule has 0 aliphatic rings. The first-order chi connectivity index (χ1) is 11.9. The number of fused-ring (bicyclic) bond motifs is 1. The van der Waals surface area contributed by atoms with E-state index in [9.17, 15) is 13.5 Å². The van der Waals surface area contributed by atoms with Gasteiger partial charge < -0.3 is 14.6 Å². The van der Waals surface area contributed by atoms with E-state index in [0.717, 1.165) is 0 Å². The van der Waals surface area contributed by atoms with Crippen molar-refractivity contribution in [2.45, 2.75) is 4.90 Å². The van der Waals surface area contributed by atoms with Crippen LogP contribution in [0.15, 0.2) is 53.6 Å². The zero-order chi connectivity index (χ0) is 18.0. The van der Waals surface area contributed by atoms with Crippen LogP contribution in [0.3, 0.4) is 0 Å². The second kappa shape index (κ2) is 6.48. The summed E-state index contributed by atoms with van der Waals surface area (Å²) in [4.78, 5) is 4.13. The zero-order valence-electron chi connectivity index (χ0n) is 13.6. The van der Waals surface area contributed by atoms with Crippen molar-refractivity contribution in [3.8, 4) is 17.2 Å². The lowest BCUT2D eigenvalue weighted by atomic mass is 10.2. The number of nitrogens with one attached hydrogen (secondary N) is 1. The monoisotopic (exact) mass is 360 g/mol. The molecular formula is C17H16N2O5S. The molecule has 3 aromatic rings. The molecule has 0 spiro atoms. The highest BCUT2D eigenvalue weighted by Crippen LogP contribution is 2.30. The van der Waals surface area contributed by atoms with E-state index in [4.69, 9.17) is 9.47 Å². The van der Waals surface area contributed by atoms with Gasteiger partial charge in [-0.3, -0.25) is 9.71 Å². The lowest BCUT2D eigenvalue weighted by Crippen LogP contribution is -2.14. The third-order valence-corrected chi connectivity index (χ3v) is 4.98. The highest BCUT2D eigenvalue weighted by Gasteiger charge is 2.21. The number of phenols is 1. The summed E-state index contributed by atoms with van der Waals surface area (Å²) < 4.78 is 38.1. The van der Waals surface area contributed by atoms with Crippen molar-refractivity contribution in [1.82, 2.24) is 4.98 Å². The Bertz CT molecular complexity index is 1030. The molecule has 0 amide bonds. The molecule has 0 bridgehead atoms. The van der Waals surface area contributed by atoms with E-state index in [2.05, 4.69) is 9.71 Å². The van der Waals surface area contributed by atoms with Gasteiger partial charge in [0.1, 0.15) is 22.1 Å². The minimum atomic E-state index is -3.92. The molecule has 2 N–H and O–H groups in total. The molecule has 8 heteroatoms. The van der Waals surface area contributed by atoms with E-state index in [1.807, 2.05) is 0 Å². The summed E-state index contributed by atoms with van der Waals surface area (Å²) in [6.07, 6.45) is 1.41. The van der Waals surface area contributed by atoms with Gasteiger partial charge in [0.05, 0.1) is 31.6 Å². The first-order valence-corrected chi connectivity index (χ1v) is 8.75. The summed E-state index contributed by atoms with van der Waals surface area (Å²) in [6.45, 7) is 0. The third-order valence-electron chi connectivity index (χ3n) is 3.58. The molecule has 3 rings (SSSR count). The molecule has 130 valence electrons. The number of benzene rings is 2. The Kier molecular flexibility index (Phi) is 4.37. The second-order valence-corrected chi connectivity index (χ2v) is 6.87. The Labute approximate surface area is 144 Å². The van der Waals surface area contributed by atoms with Gasteiger partial charge in [-0.1, -0.05) is 0 Å². The highest BCUT2D eigenvalue weighted by atomic mass is 32.2. The molecule has 1 aromatic heterocycles. The topological polar surface area (TPSA) is 97.8 Å². The van der Waals surface area contributed by atoms with Gasteiger partial charge in [-0.15, -0.1) is 0 Å². The van der Waals surface area contributed by atoms with Gasteiger partial charge in [0.2, 0.25) is 0 Å². The molecule has 7 nitrogen and oxygen atoms in total. The van der Waals surface area contributed by atoms with E-state index in [1.165, 1.54) is 44.7 Å². The minimum Gasteiger partial charge on any atom is -0.508 e. The van der Waals surface area contributed by atoms with Crippen molar-refractivity contribution in [1.29, 1.82) is 0 Å². The number of aromatic nitrogens is 1. The molecule has 0 aliphatic heterocycles. The second-order valence-electron chi connectivity index (χ2n) is 5.22. The molecule has 0 radical (unpaired) electrons. The van der Waals surface area contributed by atoms with Gasteiger partial charge in [0, 0.05) is 11.5 Å². The number of anilines is 1. The fourth-order valence-electron chi connectivity index (χ4n) is 2.38. The molecule has 2 aromatic carbocycles. The number of sulfonamides is 1. The SMILES string of the molecule is COc1ccc(OC)c(S(=O)(=O)Nc2cnc3ccc(O)cc3c2)c1. The van der Waals surface area contributed by atoms with Crippen LogP contribution >= 0.6 is 0 Å². The van der Waals surface area contributed by atoms with E-state index in [1.54, 1.807) is 18.2 Å². The average molecular weight is 360 g/mol. The van der Waals surface area contributed by atoms with Gasteiger partial charge in [0.15, 0.2) is 0 Å². The Morgan fingerprint density at radius 3 is 2.56 bits per heavy atom. The Balaban J connectivity index is 2.01. The molecule has 0 saturated heterocycles. The van der Waals surface area contributed by atoms with Crippen molar-refractivity contribution in [2.75, 3.05) is 18.9 Å². The van der Waals surface area contributed by atoms with Gasteiger partial charge in [-0.05, 0) is 36.4 Å². The summed E-state index contributed by atoms with van der Waals surface area (Å²) in [5.41, 5.74) is 0.905. The summed E-state index contributed by atoms with van der Waals surface area (Å²) in [7, 11) is -1.09. The number of methoxy groups -OCH3 is 2. The maximum absolute atomic E-state index is 12.7. The molecule has 0 atom stereocenters. The maximum atomic E-state index is 12.7. The molecule has 0 saturated carbocycles. The largest absolute Gasteiger partial charge is 0.508 e. The quantitative estimate of drug-likeness (QED) is 0.726. The molecular weight excluding hydrogens is 344 g/mol. The van der Waals surface area contributed by atoms with Crippen LogP contribution in [-0.2, 0) is 10.0 Å². The Morgan fingerprint density at radius 2 is 1.84 bits per heavy atom. The normalized spacial score (nSPS) is 11.3. The molecule has 0 unspecified atom stereocenters. The van der Waals surface area contributed by atoms with Crippen LogP contribution in [0.2, 0.25) is 0 Å². The van der Waals surface area contributed by atoms with Gasteiger partial charge in [-0.25, -0.2) is 8.42 Å². The number of rotatable bonds is 5. The number of ether oxygens (including phenoxy) is 2. The molecule has 0 aliphatic carbocycles. The van der Waals surface area contributed by atoms with Gasteiger partial charge in [-0.2, -0.15) is 0 Å². The predicted molar refractivity (Wildman–Crippen MR) is 93.8 cm³/mol. The molecule has 0 fully saturated rings. The Morgan fingerprint density at radius 1 is 1.04 bits per heavy atom.